The van der Waals surface area contributed by atoms with Gasteiger partial charge in [0.05, 0.1) is 12.7 Å². The molecule has 0 amide bonds. The first-order valence-corrected chi connectivity index (χ1v) is 8.70. The summed E-state index contributed by atoms with van der Waals surface area (Å²) < 4.78 is 11.4. The molecule has 0 atom stereocenters. The average molecular weight is 288 g/mol. The van der Waals surface area contributed by atoms with Crippen molar-refractivity contribution in [2.24, 2.45) is 0 Å². The van der Waals surface area contributed by atoms with Crippen LogP contribution in [0.4, 0.5) is 0 Å². The van der Waals surface area contributed by atoms with E-state index in [4.69, 9.17) is 9.47 Å². The molecule has 1 aromatic rings. The van der Waals surface area contributed by atoms with Crippen molar-refractivity contribution in [1.29, 1.82) is 0 Å². The van der Waals surface area contributed by atoms with Crippen LogP contribution in [0.2, 0.25) is 0 Å². The van der Waals surface area contributed by atoms with Crippen molar-refractivity contribution >= 4 is 0 Å². The van der Waals surface area contributed by atoms with Gasteiger partial charge in [-0.3, -0.25) is 0 Å². The topological polar surface area (TPSA) is 18.5 Å². The van der Waals surface area contributed by atoms with Crippen LogP contribution in [0.3, 0.4) is 0 Å². The molecule has 0 bridgehead atoms. The molecule has 2 heteroatoms. The van der Waals surface area contributed by atoms with E-state index in [9.17, 15) is 0 Å². The van der Waals surface area contributed by atoms with E-state index in [1.54, 1.807) is 0 Å². The summed E-state index contributed by atoms with van der Waals surface area (Å²) in [5, 5.41) is 0. The van der Waals surface area contributed by atoms with Crippen molar-refractivity contribution in [2.75, 3.05) is 13.2 Å². The van der Waals surface area contributed by atoms with Crippen molar-refractivity contribution in [3.05, 3.63) is 35.4 Å². The lowest BCUT2D eigenvalue weighted by Gasteiger charge is -2.22. The molecule has 2 aliphatic rings. The highest BCUT2D eigenvalue weighted by atomic mass is 16.5. The molecule has 1 heterocycles. The van der Waals surface area contributed by atoms with E-state index in [1.165, 1.54) is 49.7 Å². The van der Waals surface area contributed by atoms with Crippen LogP contribution in [0, 0.1) is 0 Å². The first kappa shape index (κ1) is 15.1. The Hall–Kier alpha value is -0.860. The summed E-state index contributed by atoms with van der Waals surface area (Å²) in [6.45, 7) is 2.45. The largest absolute Gasteiger partial charge is 0.381 e. The highest BCUT2D eigenvalue weighted by Gasteiger charge is 2.15. The average Bonchev–Trinajstić information content (AvgIpc) is 2.84. The van der Waals surface area contributed by atoms with Gasteiger partial charge in [-0.2, -0.15) is 0 Å². The van der Waals surface area contributed by atoms with Crippen LogP contribution in [0.1, 0.15) is 68.4 Å². The van der Waals surface area contributed by atoms with Gasteiger partial charge in [0.2, 0.25) is 0 Å². The summed E-state index contributed by atoms with van der Waals surface area (Å²) in [5.74, 6) is 0.790. The molecule has 3 rings (SSSR count). The molecule has 1 saturated carbocycles. The fourth-order valence-corrected chi connectivity index (χ4v) is 3.56. The molecule has 0 spiro atoms. The van der Waals surface area contributed by atoms with E-state index < -0.39 is 0 Å². The number of ether oxygens (including phenoxy) is 2. The Morgan fingerprint density at radius 3 is 2.19 bits per heavy atom. The van der Waals surface area contributed by atoms with Gasteiger partial charge in [0, 0.05) is 13.2 Å². The lowest BCUT2D eigenvalue weighted by Crippen LogP contribution is -2.23. The third kappa shape index (κ3) is 4.55. The van der Waals surface area contributed by atoms with Crippen LogP contribution in [0.5, 0.6) is 0 Å². The van der Waals surface area contributed by atoms with Gasteiger partial charge in [0.1, 0.15) is 0 Å². The monoisotopic (exact) mass is 288 g/mol. The van der Waals surface area contributed by atoms with Crippen molar-refractivity contribution in [1.82, 2.24) is 0 Å². The Bertz CT molecular complexity index is 398. The smallest absolute Gasteiger partial charge is 0.0720 e. The van der Waals surface area contributed by atoms with E-state index in [2.05, 4.69) is 24.3 Å². The molecule has 0 radical (unpaired) electrons. The van der Waals surface area contributed by atoms with Gasteiger partial charge in [-0.25, -0.2) is 0 Å². The summed E-state index contributed by atoms with van der Waals surface area (Å²) in [5.41, 5.74) is 2.84. The highest BCUT2D eigenvalue weighted by Crippen LogP contribution is 2.31. The Morgan fingerprint density at radius 1 is 0.857 bits per heavy atom. The first-order valence-electron chi connectivity index (χ1n) is 8.70. The van der Waals surface area contributed by atoms with Crippen molar-refractivity contribution in [3.63, 3.8) is 0 Å². The molecule has 21 heavy (non-hydrogen) atoms. The maximum atomic E-state index is 5.99. The van der Waals surface area contributed by atoms with E-state index >= 15 is 0 Å². The SMILES string of the molecule is c1cc(C2CCCCCC2)ccc1COC1CCOCC1. The molecule has 116 valence electrons. The van der Waals surface area contributed by atoms with E-state index in [1.807, 2.05) is 0 Å². The maximum Gasteiger partial charge on any atom is 0.0720 e. The fraction of sp³-hybridized carbons (Fsp3) is 0.684. The van der Waals surface area contributed by atoms with Crippen LogP contribution in [-0.2, 0) is 16.1 Å². The van der Waals surface area contributed by atoms with Gasteiger partial charge < -0.3 is 9.47 Å². The van der Waals surface area contributed by atoms with Gasteiger partial charge in [-0.15, -0.1) is 0 Å². The normalized spacial score (nSPS) is 22.1. The Labute approximate surface area is 128 Å². The molecule has 0 unspecified atom stereocenters. The minimum absolute atomic E-state index is 0.389. The predicted octanol–water partition coefficient (Wildman–Crippen LogP) is 4.82. The molecule has 1 aliphatic heterocycles. The maximum absolute atomic E-state index is 5.99. The van der Waals surface area contributed by atoms with E-state index in [0.717, 1.165) is 38.6 Å². The summed E-state index contributed by atoms with van der Waals surface area (Å²) in [4.78, 5) is 0. The van der Waals surface area contributed by atoms with Crippen molar-refractivity contribution in [3.8, 4) is 0 Å². The predicted molar refractivity (Wildman–Crippen MR) is 85.5 cm³/mol. The molecular weight excluding hydrogens is 260 g/mol. The van der Waals surface area contributed by atoms with Gasteiger partial charge in [0.25, 0.3) is 0 Å². The summed E-state index contributed by atoms with van der Waals surface area (Å²) in [7, 11) is 0. The molecular formula is C19H28O2. The second-order valence-electron chi connectivity index (χ2n) is 6.55. The zero-order chi connectivity index (χ0) is 14.3. The second kappa shape index (κ2) is 7.95. The van der Waals surface area contributed by atoms with Crippen LogP contribution in [0.15, 0.2) is 24.3 Å². The zero-order valence-corrected chi connectivity index (χ0v) is 13.1. The molecule has 0 N–H and O–H groups in total. The first-order chi connectivity index (χ1) is 10.4. The van der Waals surface area contributed by atoms with Gasteiger partial charge >= 0.3 is 0 Å². The third-order valence-corrected chi connectivity index (χ3v) is 4.96. The summed E-state index contributed by atoms with van der Waals surface area (Å²) >= 11 is 0. The second-order valence-corrected chi connectivity index (χ2v) is 6.55. The summed E-state index contributed by atoms with van der Waals surface area (Å²) in [6.07, 6.45) is 10.9. The Morgan fingerprint density at radius 2 is 1.52 bits per heavy atom. The quantitative estimate of drug-likeness (QED) is 0.739. The van der Waals surface area contributed by atoms with E-state index in [-0.39, 0.29) is 0 Å². The van der Waals surface area contributed by atoms with Crippen LogP contribution < -0.4 is 0 Å². The van der Waals surface area contributed by atoms with Crippen LogP contribution in [0.25, 0.3) is 0 Å². The minimum atomic E-state index is 0.389. The number of rotatable bonds is 4. The van der Waals surface area contributed by atoms with Crippen LogP contribution >= 0.6 is 0 Å². The van der Waals surface area contributed by atoms with Gasteiger partial charge in [0.15, 0.2) is 0 Å². The number of hydrogen-bond acceptors (Lipinski definition) is 2. The minimum Gasteiger partial charge on any atom is -0.381 e. The lowest BCUT2D eigenvalue weighted by atomic mass is 9.91. The van der Waals surface area contributed by atoms with Crippen molar-refractivity contribution in [2.45, 2.75) is 70.0 Å². The van der Waals surface area contributed by atoms with Gasteiger partial charge in [-0.1, -0.05) is 49.9 Å². The van der Waals surface area contributed by atoms with Crippen LogP contribution in [-0.4, -0.2) is 19.3 Å². The Kier molecular flexibility index (Phi) is 5.70. The molecule has 2 nitrogen and oxygen atoms in total. The number of benzene rings is 1. The van der Waals surface area contributed by atoms with E-state index in [0.29, 0.717) is 6.10 Å². The Balaban J connectivity index is 1.51. The summed E-state index contributed by atoms with van der Waals surface area (Å²) in [6, 6.07) is 9.19. The fourth-order valence-electron chi connectivity index (χ4n) is 3.56. The molecule has 2 fully saturated rings. The molecule has 1 aliphatic carbocycles. The zero-order valence-electron chi connectivity index (χ0n) is 13.1. The highest BCUT2D eigenvalue weighted by molar-refractivity contribution is 5.25. The number of hydrogen-bond donors (Lipinski definition) is 0. The lowest BCUT2D eigenvalue weighted by molar-refractivity contribution is -0.0390. The third-order valence-electron chi connectivity index (χ3n) is 4.96. The van der Waals surface area contributed by atoms with Crippen molar-refractivity contribution < 1.29 is 9.47 Å². The molecule has 0 aromatic heterocycles. The molecule has 1 aromatic carbocycles. The standard InChI is InChI=1S/C19H28O2/c1-2-4-6-17(5-3-1)18-9-7-16(8-10-18)15-21-19-11-13-20-14-12-19/h7-10,17,19H,1-6,11-15H2. The van der Waals surface area contributed by atoms with Gasteiger partial charge in [-0.05, 0) is 42.7 Å². The molecule has 1 saturated heterocycles.